The van der Waals surface area contributed by atoms with Crippen LogP contribution in [0.3, 0.4) is 0 Å². The number of esters is 2. The molecular formula is C22H20O7. The molecule has 4 rings (SSSR count). The van der Waals surface area contributed by atoms with E-state index in [9.17, 15) is 9.59 Å². The van der Waals surface area contributed by atoms with E-state index in [2.05, 4.69) is 0 Å². The van der Waals surface area contributed by atoms with Gasteiger partial charge in [0.2, 0.25) is 6.79 Å². The second kappa shape index (κ2) is 7.16. The SMILES string of the molecule is COC(=O)C1(C(=O)OC)Oc2cc3c(cc2[C@@H]1/C=C/c1ccc(C)cc1)OCO3. The molecule has 1 atom stereocenters. The third-order valence-corrected chi connectivity index (χ3v) is 5.08. The summed E-state index contributed by atoms with van der Waals surface area (Å²) in [6.45, 7) is 2.10. The number of hydrogen-bond donors (Lipinski definition) is 0. The Morgan fingerprint density at radius 3 is 2.24 bits per heavy atom. The molecule has 0 bridgehead atoms. The van der Waals surface area contributed by atoms with E-state index < -0.39 is 23.5 Å². The lowest BCUT2D eigenvalue weighted by Crippen LogP contribution is -2.54. The van der Waals surface area contributed by atoms with Gasteiger partial charge in [-0.05, 0) is 18.6 Å². The second-order valence-electron chi connectivity index (χ2n) is 6.81. The van der Waals surface area contributed by atoms with Crippen molar-refractivity contribution in [1.82, 2.24) is 0 Å². The van der Waals surface area contributed by atoms with Crippen LogP contribution >= 0.6 is 0 Å². The zero-order valence-electron chi connectivity index (χ0n) is 16.3. The molecule has 0 aromatic heterocycles. The first-order valence-corrected chi connectivity index (χ1v) is 9.04. The zero-order valence-corrected chi connectivity index (χ0v) is 16.3. The molecule has 29 heavy (non-hydrogen) atoms. The minimum absolute atomic E-state index is 0.0985. The van der Waals surface area contributed by atoms with E-state index >= 15 is 0 Å². The Hall–Kier alpha value is -3.48. The van der Waals surface area contributed by atoms with Crippen LogP contribution in [0.5, 0.6) is 17.2 Å². The lowest BCUT2D eigenvalue weighted by Gasteiger charge is -2.27. The molecule has 2 aliphatic rings. The largest absolute Gasteiger partial charge is 0.466 e. The third-order valence-electron chi connectivity index (χ3n) is 5.08. The van der Waals surface area contributed by atoms with Crippen LogP contribution in [0.15, 0.2) is 42.5 Å². The number of ether oxygens (including phenoxy) is 5. The fraction of sp³-hybridized carbons (Fsp3) is 0.273. The molecule has 7 heteroatoms. The lowest BCUT2D eigenvalue weighted by atomic mass is 9.83. The predicted molar refractivity (Wildman–Crippen MR) is 103 cm³/mol. The maximum atomic E-state index is 12.8. The van der Waals surface area contributed by atoms with Crippen molar-refractivity contribution in [2.75, 3.05) is 21.0 Å². The van der Waals surface area contributed by atoms with Crippen molar-refractivity contribution < 1.29 is 33.3 Å². The molecule has 0 radical (unpaired) electrons. The summed E-state index contributed by atoms with van der Waals surface area (Å²) in [6.07, 6.45) is 3.57. The number of methoxy groups -OCH3 is 2. The molecule has 0 amide bonds. The van der Waals surface area contributed by atoms with Crippen molar-refractivity contribution in [3.8, 4) is 17.2 Å². The van der Waals surface area contributed by atoms with Crippen molar-refractivity contribution in [2.45, 2.75) is 18.4 Å². The second-order valence-corrected chi connectivity index (χ2v) is 6.81. The molecule has 150 valence electrons. The van der Waals surface area contributed by atoms with E-state index in [0.29, 0.717) is 22.8 Å². The van der Waals surface area contributed by atoms with Crippen LogP contribution in [0.4, 0.5) is 0 Å². The normalized spacial score (nSPS) is 18.2. The van der Waals surface area contributed by atoms with E-state index in [0.717, 1.165) is 11.1 Å². The number of rotatable bonds is 4. The zero-order chi connectivity index (χ0) is 20.6. The van der Waals surface area contributed by atoms with Crippen molar-refractivity contribution in [2.24, 2.45) is 0 Å². The highest BCUT2D eigenvalue weighted by Crippen LogP contribution is 2.51. The van der Waals surface area contributed by atoms with Crippen molar-refractivity contribution >= 4 is 18.0 Å². The summed E-state index contributed by atoms with van der Waals surface area (Å²) in [6, 6.07) is 11.2. The fourth-order valence-electron chi connectivity index (χ4n) is 3.57. The minimum Gasteiger partial charge on any atom is -0.466 e. The molecule has 2 aromatic carbocycles. The Balaban J connectivity index is 1.84. The average molecular weight is 396 g/mol. The van der Waals surface area contributed by atoms with E-state index in [4.69, 9.17) is 23.7 Å². The van der Waals surface area contributed by atoms with Gasteiger partial charge in [-0.15, -0.1) is 0 Å². The number of carbonyl (C=O) groups is 2. The van der Waals surface area contributed by atoms with Crippen LogP contribution in [-0.2, 0) is 19.1 Å². The van der Waals surface area contributed by atoms with Gasteiger partial charge in [-0.2, -0.15) is 0 Å². The number of aryl methyl sites for hydroxylation is 1. The summed E-state index contributed by atoms with van der Waals surface area (Å²) in [5.41, 5.74) is 0.645. The fourth-order valence-corrected chi connectivity index (χ4v) is 3.57. The molecular weight excluding hydrogens is 376 g/mol. The molecule has 0 saturated carbocycles. The summed E-state index contributed by atoms with van der Waals surface area (Å²) >= 11 is 0. The van der Waals surface area contributed by atoms with Crippen LogP contribution in [0.25, 0.3) is 6.08 Å². The number of carbonyl (C=O) groups excluding carboxylic acids is 2. The van der Waals surface area contributed by atoms with Crippen LogP contribution in [0, 0.1) is 6.92 Å². The predicted octanol–water partition coefficient (Wildman–Crippen LogP) is 3.00. The van der Waals surface area contributed by atoms with E-state index in [1.807, 2.05) is 37.3 Å². The summed E-state index contributed by atoms with van der Waals surface area (Å²) in [4.78, 5) is 25.6. The average Bonchev–Trinajstić information content (AvgIpc) is 3.32. The van der Waals surface area contributed by atoms with Gasteiger partial charge in [0, 0.05) is 11.6 Å². The van der Waals surface area contributed by atoms with Gasteiger partial charge in [0.1, 0.15) is 5.75 Å². The molecule has 2 aromatic rings. The highest BCUT2D eigenvalue weighted by Gasteiger charge is 2.62. The Morgan fingerprint density at radius 2 is 1.62 bits per heavy atom. The van der Waals surface area contributed by atoms with Crippen molar-refractivity contribution in [3.05, 3.63) is 59.2 Å². The molecule has 7 nitrogen and oxygen atoms in total. The van der Waals surface area contributed by atoms with Crippen molar-refractivity contribution in [1.29, 1.82) is 0 Å². The molecule has 0 unspecified atom stereocenters. The van der Waals surface area contributed by atoms with Gasteiger partial charge in [0.25, 0.3) is 0 Å². The van der Waals surface area contributed by atoms with Crippen LogP contribution in [0.2, 0.25) is 0 Å². The molecule has 0 N–H and O–H groups in total. The molecule has 0 spiro atoms. The number of benzene rings is 2. The van der Waals surface area contributed by atoms with Gasteiger partial charge < -0.3 is 23.7 Å². The topological polar surface area (TPSA) is 80.3 Å². The van der Waals surface area contributed by atoms with Gasteiger partial charge >= 0.3 is 17.5 Å². The maximum Gasteiger partial charge on any atom is 0.363 e. The summed E-state index contributed by atoms with van der Waals surface area (Å²) in [5, 5.41) is 0. The van der Waals surface area contributed by atoms with Crippen molar-refractivity contribution in [3.63, 3.8) is 0 Å². The molecule has 2 aliphatic heterocycles. The van der Waals surface area contributed by atoms with Gasteiger partial charge in [0.15, 0.2) is 11.5 Å². The van der Waals surface area contributed by atoms with E-state index in [-0.39, 0.29) is 6.79 Å². The summed E-state index contributed by atoms with van der Waals surface area (Å²) in [7, 11) is 2.40. The van der Waals surface area contributed by atoms with Crippen LogP contribution in [0.1, 0.15) is 22.6 Å². The summed E-state index contributed by atoms with van der Waals surface area (Å²) in [5.74, 6) is -1.14. The Morgan fingerprint density at radius 1 is 1.00 bits per heavy atom. The molecule has 0 saturated heterocycles. The quantitative estimate of drug-likeness (QED) is 0.581. The highest BCUT2D eigenvalue weighted by molar-refractivity contribution is 6.07. The lowest BCUT2D eigenvalue weighted by molar-refractivity contribution is -0.176. The molecule has 0 aliphatic carbocycles. The molecule has 0 fully saturated rings. The summed E-state index contributed by atoms with van der Waals surface area (Å²) < 4.78 is 26.6. The van der Waals surface area contributed by atoms with Gasteiger partial charge in [-0.3, -0.25) is 0 Å². The Labute approximate surface area is 167 Å². The monoisotopic (exact) mass is 396 g/mol. The minimum atomic E-state index is -2.00. The number of hydrogen-bond acceptors (Lipinski definition) is 7. The number of fused-ring (bicyclic) bond motifs is 2. The standard InChI is InChI=1S/C22H20O7/c1-13-4-6-14(7-5-13)8-9-16-15-10-18-19(28-12-27-18)11-17(15)29-22(16,20(23)25-2)21(24)26-3/h4-11,16H,12H2,1-3H3/b9-8+/t16-/m0/s1. The smallest absolute Gasteiger partial charge is 0.363 e. The van der Waals surface area contributed by atoms with Gasteiger partial charge in [0.05, 0.1) is 20.1 Å². The highest BCUT2D eigenvalue weighted by atomic mass is 16.7. The van der Waals surface area contributed by atoms with Crippen LogP contribution < -0.4 is 14.2 Å². The van der Waals surface area contributed by atoms with Gasteiger partial charge in [-0.25, -0.2) is 9.59 Å². The maximum absolute atomic E-state index is 12.8. The first-order chi connectivity index (χ1) is 14.0. The Bertz CT molecular complexity index is 975. The first kappa shape index (κ1) is 18.9. The van der Waals surface area contributed by atoms with Crippen LogP contribution in [-0.4, -0.2) is 38.6 Å². The first-order valence-electron chi connectivity index (χ1n) is 9.04. The van der Waals surface area contributed by atoms with E-state index in [1.165, 1.54) is 14.2 Å². The van der Waals surface area contributed by atoms with E-state index in [1.54, 1.807) is 18.2 Å². The molecule has 2 heterocycles. The Kier molecular flexibility index (Phi) is 4.66. The third kappa shape index (κ3) is 2.99. The van der Waals surface area contributed by atoms with Gasteiger partial charge in [-0.1, -0.05) is 42.0 Å².